The van der Waals surface area contributed by atoms with Gasteiger partial charge in [-0.15, -0.1) is 0 Å². The van der Waals surface area contributed by atoms with E-state index < -0.39 is 42.2 Å². The topological polar surface area (TPSA) is 211 Å². The highest BCUT2D eigenvalue weighted by Crippen LogP contribution is 2.13. The van der Waals surface area contributed by atoms with Crippen molar-refractivity contribution in [3.05, 3.63) is 0 Å². The molecule has 0 aromatic rings. The van der Waals surface area contributed by atoms with Crippen LogP contribution in [0.5, 0.6) is 0 Å². The summed E-state index contributed by atoms with van der Waals surface area (Å²) in [7, 11) is 0. The average Bonchev–Trinajstić information content (AvgIpc) is 2.64. The number of guanidine groups is 1. The minimum Gasteiger partial charge on any atom is -0.481 e. The second kappa shape index (κ2) is 14.0. The van der Waals surface area contributed by atoms with Crippen molar-refractivity contribution in [1.29, 1.82) is 0 Å². The maximum atomic E-state index is 13.0. The van der Waals surface area contributed by atoms with Crippen LogP contribution in [-0.2, 0) is 24.0 Å². The Kier molecular flexibility index (Phi) is 12.6. The Labute approximate surface area is 168 Å². The lowest BCUT2D eigenvalue weighted by atomic mass is 10.0. The van der Waals surface area contributed by atoms with Gasteiger partial charge >= 0.3 is 5.97 Å². The lowest BCUT2D eigenvalue weighted by Gasteiger charge is -2.30. The third kappa shape index (κ3) is 10.8. The van der Waals surface area contributed by atoms with Crippen LogP contribution in [0.2, 0.25) is 0 Å². The first-order chi connectivity index (χ1) is 13.6. The van der Waals surface area contributed by atoms with E-state index in [2.05, 4.69) is 10.3 Å². The zero-order valence-electron chi connectivity index (χ0n) is 16.5. The zero-order valence-corrected chi connectivity index (χ0v) is 16.5. The molecule has 0 aliphatic rings. The summed E-state index contributed by atoms with van der Waals surface area (Å²) >= 11 is 0. The van der Waals surface area contributed by atoms with Crippen LogP contribution in [0.1, 0.15) is 45.4 Å². The second-order valence-corrected chi connectivity index (χ2v) is 6.33. The Hall–Kier alpha value is -3.02. The van der Waals surface area contributed by atoms with E-state index in [1.165, 1.54) is 0 Å². The molecular formula is C17H30N6O6. The van der Waals surface area contributed by atoms with Crippen LogP contribution in [-0.4, -0.2) is 71.1 Å². The Morgan fingerprint density at radius 1 is 1.14 bits per heavy atom. The molecule has 0 aliphatic heterocycles. The predicted octanol–water partition coefficient (Wildman–Crippen LogP) is -1.93. The molecule has 0 aliphatic carbocycles. The number of carboxylic acid groups (broad SMARTS) is 1. The molecule has 12 heteroatoms. The standard InChI is InChI=1S/C17H30N6O6/c1-11(25)22-13(6-7-15(27)28)16(29)23(14(26)5-2-8-18)12(10-24)4-3-9-21-17(19)20/h10,12-13H,2-9,18H2,1H3,(H,22,25)(H,27,28)(H4,19,20,21)/t12-,13-/m0/s1. The van der Waals surface area contributed by atoms with Crippen molar-refractivity contribution in [2.75, 3.05) is 13.1 Å². The van der Waals surface area contributed by atoms with E-state index in [1.807, 2.05) is 0 Å². The number of carboxylic acids is 1. The Morgan fingerprint density at radius 3 is 2.28 bits per heavy atom. The molecule has 0 saturated carbocycles. The molecule has 0 radical (unpaired) electrons. The quantitative estimate of drug-likeness (QED) is 0.0925. The van der Waals surface area contributed by atoms with Gasteiger partial charge in [0.15, 0.2) is 5.96 Å². The maximum absolute atomic E-state index is 13.0. The van der Waals surface area contributed by atoms with Crippen molar-refractivity contribution in [3.8, 4) is 0 Å². The van der Waals surface area contributed by atoms with Gasteiger partial charge in [0.2, 0.25) is 11.8 Å². The van der Waals surface area contributed by atoms with Gasteiger partial charge in [-0.2, -0.15) is 0 Å². The molecule has 29 heavy (non-hydrogen) atoms. The van der Waals surface area contributed by atoms with Crippen molar-refractivity contribution in [2.24, 2.45) is 22.2 Å². The molecule has 2 atom stereocenters. The lowest BCUT2D eigenvalue weighted by molar-refractivity contribution is -0.152. The molecule has 0 aromatic carbocycles. The molecule has 3 amide bonds. The fourth-order valence-corrected chi connectivity index (χ4v) is 2.55. The van der Waals surface area contributed by atoms with E-state index in [1.54, 1.807) is 0 Å². The average molecular weight is 414 g/mol. The van der Waals surface area contributed by atoms with Crippen LogP contribution in [0.25, 0.3) is 0 Å². The van der Waals surface area contributed by atoms with E-state index in [9.17, 15) is 24.0 Å². The van der Waals surface area contributed by atoms with Gasteiger partial charge in [0, 0.05) is 26.3 Å². The van der Waals surface area contributed by atoms with E-state index in [0.717, 1.165) is 11.8 Å². The number of nitrogens with one attached hydrogen (secondary N) is 1. The number of carbonyl (C=O) groups excluding carboxylic acids is 4. The monoisotopic (exact) mass is 414 g/mol. The highest BCUT2D eigenvalue weighted by molar-refractivity contribution is 6.01. The first kappa shape index (κ1) is 26.0. The molecule has 12 nitrogen and oxygen atoms in total. The van der Waals surface area contributed by atoms with Crippen LogP contribution in [0.4, 0.5) is 0 Å². The second-order valence-electron chi connectivity index (χ2n) is 6.33. The highest BCUT2D eigenvalue weighted by Gasteiger charge is 2.34. The minimum atomic E-state index is -1.26. The van der Waals surface area contributed by atoms with E-state index >= 15 is 0 Å². The minimum absolute atomic E-state index is 0.0772. The number of hydrogen-bond donors (Lipinski definition) is 5. The van der Waals surface area contributed by atoms with Gasteiger partial charge in [-0.05, 0) is 32.2 Å². The molecule has 164 valence electrons. The van der Waals surface area contributed by atoms with Crippen molar-refractivity contribution < 1.29 is 29.1 Å². The summed E-state index contributed by atoms with van der Waals surface area (Å²) in [4.78, 5) is 64.1. The summed E-state index contributed by atoms with van der Waals surface area (Å²) in [5.74, 6) is -3.34. The summed E-state index contributed by atoms with van der Waals surface area (Å²) in [6.45, 7) is 1.56. The SMILES string of the molecule is CC(=O)N[C@@H](CCC(=O)O)C(=O)N(C(=O)CCCN)[C@H](C=O)CCCN=C(N)N. The van der Waals surface area contributed by atoms with E-state index in [0.29, 0.717) is 19.1 Å². The normalized spacial score (nSPS) is 12.3. The van der Waals surface area contributed by atoms with E-state index in [4.69, 9.17) is 22.3 Å². The summed E-state index contributed by atoms with van der Waals surface area (Å²) in [5, 5.41) is 11.2. The summed E-state index contributed by atoms with van der Waals surface area (Å²) < 4.78 is 0. The van der Waals surface area contributed by atoms with Gasteiger partial charge in [-0.1, -0.05) is 0 Å². The van der Waals surface area contributed by atoms with E-state index in [-0.39, 0.29) is 38.3 Å². The number of aliphatic carboxylic acids is 1. The molecule has 0 aromatic heterocycles. The molecule has 0 fully saturated rings. The summed E-state index contributed by atoms with van der Waals surface area (Å²) in [6, 6.07) is -2.37. The number of rotatable bonds is 14. The molecule has 0 heterocycles. The Morgan fingerprint density at radius 2 is 1.79 bits per heavy atom. The van der Waals surface area contributed by atoms with Crippen molar-refractivity contribution >= 4 is 35.9 Å². The van der Waals surface area contributed by atoms with Crippen LogP contribution < -0.4 is 22.5 Å². The molecule has 0 unspecified atom stereocenters. The number of aliphatic imine (C=N–C) groups is 1. The number of imide groups is 1. The number of carbonyl (C=O) groups is 5. The lowest BCUT2D eigenvalue weighted by Crippen LogP contribution is -2.54. The highest BCUT2D eigenvalue weighted by atomic mass is 16.4. The van der Waals surface area contributed by atoms with Gasteiger partial charge < -0.3 is 32.4 Å². The Bertz CT molecular complexity index is 620. The zero-order chi connectivity index (χ0) is 22.4. The number of nitrogens with zero attached hydrogens (tertiary/aromatic N) is 2. The van der Waals surface area contributed by atoms with Gasteiger partial charge in [-0.25, -0.2) is 0 Å². The third-order valence-corrected chi connectivity index (χ3v) is 3.86. The first-order valence-corrected chi connectivity index (χ1v) is 9.19. The smallest absolute Gasteiger partial charge is 0.303 e. The maximum Gasteiger partial charge on any atom is 0.303 e. The van der Waals surface area contributed by atoms with Gasteiger partial charge in [0.05, 0.1) is 6.04 Å². The van der Waals surface area contributed by atoms with Crippen LogP contribution >= 0.6 is 0 Å². The summed E-state index contributed by atoms with van der Waals surface area (Å²) in [5.41, 5.74) is 15.9. The molecule has 0 bridgehead atoms. The molecule has 0 spiro atoms. The molecule has 8 N–H and O–H groups in total. The van der Waals surface area contributed by atoms with Gasteiger partial charge in [0.25, 0.3) is 5.91 Å². The number of hydrogen-bond acceptors (Lipinski definition) is 7. The van der Waals surface area contributed by atoms with Crippen molar-refractivity contribution in [3.63, 3.8) is 0 Å². The predicted molar refractivity (Wildman–Crippen MR) is 104 cm³/mol. The number of amides is 3. The van der Waals surface area contributed by atoms with Crippen LogP contribution in [0, 0.1) is 0 Å². The molecular weight excluding hydrogens is 384 g/mol. The van der Waals surface area contributed by atoms with Gasteiger partial charge in [0.1, 0.15) is 12.3 Å². The van der Waals surface area contributed by atoms with Gasteiger partial charge in [-0.3, -0.25) is 29.1 Å². The van der Waals surface area contributed by atoms with Crippen molar-refractivity contribution in [1.82, 2.24) is 10.2 Å². The molecule has 0 rings (SSSR count). The fourth-order valence-electron chi connectivity index (χ4n) is 2.55. The first-order valence-electron chi connectivity index (χ1n) is 9.19. The van der Waals surface area contributed by atoms with Crippen molar-refractivity contribution in [2.45, 2.75) is 57.5 Å². The Balaban J connectivity index is 5.59. The van der Waals surface area contributed by atoms with Crippen LogP contribution in [0.15, 0.2) is 4.99 Å². The molecule has 0 saturated heterocycles. The number of aldehydes is 1. The largest absolute Gasteiger partial charge is 0.481 e. The summed E-state index contributed by atoms with van der Waals surface area (Å²) in [6.07, 6.45) is 0.456. The fraction of sp³-hybridized carbons (Fsp3) is 0.647. The third-order valence-electron chi connectivity index (χ3n) is 3.86. The number of nitrogens with two attached hydrogens (primary N) is 3. The van der Waals surface area contributed by atoms with Crippen LogP contribution in [0.3, 0.4) is 0 Å².